The Hall–Kier alpha value is -2.17. The summed E-state index contributed by atoms with van der Waals surface area (Å²) in [6.07, 6.45) is 0. The van der Waals surface area contributed by atoms with Gasteiger partial charge in [-0.3, -0.25) is 0 Å². The lowest BCUT2D eigenvalue weighted by molar-refractivity contribution is -0.162. The fraction of sp³-hybridized carbons (Fsp3) is 0.458. The summed E-state index contributed by atoms with van der Waals surface area (Å²) in [6.45, 7) is 14.9. The van der Waals surface area contributed by atoms with Crippen LogP contribution < -0.4 is 0 Å². The van der Waals surface area contributed by atoms with Crippen LogP contribution in [0.4, 0.5) is 0 Å². The molecule has 0 radical (unpaired) electrons. The van der Waals surface area contributed by atoms with Gasteiger partial charge in [0.05, 0.1) is 0 Å². The second-order valence-electron chi connectivity index (χ2n) is 7.36. The molecule has 152 valence electrons. The van der Waals surface area contributed by atoms with Crippen molar-refractivity contribution in [3.63, 3.8) is 0 Å². The van der Waals surface area contributed by atoms with Crippen LogP contribution in [0.25, 0.3) is 0 Å². The molecule has 0 bridgehead atoms. The molecule has 0 aliphatic rings. The maximum atomic E-state index is 13.2. The molecule has 28 heavy (non-hydrogen) atoms. The van der Waals surface area contributed by atoms with E-state index in [0.717, 1.165) is 29.8 Å². The summed E-state index contributed by atoms with van der Waals surface area (Å²) in [6, 6.07) is 11.0. The molecule has 1 N–H and O–H groups in total. The summed E-state index contributed by atoms with van der Waals surface area (Å²) in [4.78, 5) is 15.4. The molecular weight excluding hydrogens is 350 g/mol. The fourth-order valence-electron chi connectivity index (χ4n) is 3.56. The minimum Gasteiger partial charge on any atom is -0.462 e. The molecule has 0 fully saturated rings. The fourth-order valence-corrected chi connectivity index (χ4v) is 3.56. The molecule has 0 heterocycles. The SMILES string of the molecule is CCN(CC)CCOC(=O)C(O)(c1ccccc1)c1cc(C)c(C)c(C)c1C. The van der Waals surface area contributed by atoms with Gasteiger partial charge in [0, 0.05) is 12.1 Å². The van der Waals surface area contributed by atoms with Gasteiger partial charge in [-0.25, -0.2) is 4.79 Å². The van der Waals surface area contributed by atoms with E-state index >= 15 is 0 Å². The number of ether oxygens (including phenoxy) is 1. The zero-order chi connectivity index (χ0) is 20.9. The summed E-state index contributed by atoms with van der Waals surface area (Å²) in [5.74, 6) is -0.628. The van der Waals surface area contributed by atoms with Crippen LogP contribution in [-0.4, -0.2) is 42.2 Å². The molecule has 0 amide bonds. The maximum absolute atomic E-state index is 13.2. The first kappa shape index (κ1) is 22.1. The lowest BCUT2D eigenvalue weighted by Crippen LogP contribution is -2.41. The van der Waals surface area contributed by atoms with E-state index < -0.39 is 11.6 Å². The number of aryl methyl sites for hydroxylation is 1. The van der Waals surface area contributed by atoms with Crippen LogP contribution in [0.15, 0.2) is 36.4 Å². The minimum absolute atomic E-state index is 0.249. The lowest BCUT2D eigenvalue weighted by atomic mass is 9.80. The highest BCUT2D eigenvalue weighted by atomic mass is 16.5. The molecule has 1 unspecified atom stereocenters. The second-order valence-corrected chi connectivity index (χ2v) is 7.36. The van der Waals surface area contributed by atoms with Crippen LogP contribution in [0, 0.1) is 27.7 Å². The zero-order valence-corrected chi connectivity index (χ0v) is 18.0. The van der Waals surface area contributed by atoms with Crippen LogP contribution in [-0.2, 0) is 15.1 Å². The van der Waals surface area contributed by atoms with Crippen molar-refractivity contribution in [2.45, 2.75) is 47.1 Å². The Balaban J connectivity index is 2.47. The van der Waals surface area contributed by atoms with Gasteiger partial charge in [-0.2, -0.15) is 0 Å². The van der Waals surface area contributed by atoms with E-state index in [-0.39, 0.29) is 6.61 Å². The predicted octanol–water partition coefficient (Wildman–Crippen LogP) is 4.04. The highest BCUT2D eigenvalue weighted by molar-refractivity contribution is 5.86. The number of likely N-dealkylation sites (N-methyl/N-ethyl adjacent to an activating group) is 1. The molecule has 2 rings (SSSR count). The number of nitrogens with zero attached hydrogens (tertiary/aromatic N) is 1. The average molecular weight is 384 g/mol. The highest BCUT2D eigenvalue weighted by Crippen LogP contribution is 2.36. The molecule has 4 heteroatoms. The molecule has 0 aromatic heterocycles. The Morgan fingerprint density at radius 2 is 1.61 bits per heavy atom. The maximum Gasteiger partial charge on any atom is 0.347 e. The number of carbonyl (C=O) groups excluding carboxylic acids is 1. The molecule has 0 aliphatic carbocycles. The molecule has 0 aliphatic heterocycles. The van der Waals surface area contributed by atoms with Gasteiger partial charge >= 0.3 is 5.97 Å². The third kappa shape index (κ3) is 4.29. The van der Waals surface area contributed by atoms with E-state index in [9.17, 15) is 9.90 Å². The van der Waals surface area contributed by atoms with E-state index in [0.29, 0.717) is 17.7 Å². The quantitative estimate of drug-likeness (QED) is 0.699. The number of carbonyl (C=O) groups is 1. The summed E-state index contributed by atoms with van der Waals surface area (Å²) in [7, 11) is 0. The van der Waals surface area contributed by atoms with Crippen molar-refractivity contribution in [3.05, 3.63) is 69.8 Å². The van der Waals surface area contributed by atoms with Gasteiger partial charge in [0.1, 0.15) is 6.61 Å². The third-order valence-electron chi connectivity index (χ3n) is 5.89. The van der Waals surface area contributed by atoms with E-state index in [4.69, 9.17) is 4.74 Å². The third-order valence-corrected chi connectivity index (χ3v) is 5.89. The molecule has 1 atom stereocenters. The monoisotopic (exact) mass is 383 g/mol. The van der Waals surface area contributed by atoms with Crippen LogP contribution in [0.3, 0.4) is 0 Å². The lowest BCUT2D eigenvalue weighted by Gasteiger charge is -2.30. The molecule has 4 nitrogen and oxygen atoms in total. The van der Waals surface area contributed by atoms with Crippen LogP contribution in [0.5, 0.6) is 0 Å². The summed E-state index contributed by atoms with van der Waals surface area (Å²) in [5, 5.41) is 11.7. The second kappa shape index (κ2) is 9.35. The van der Waals surface area contributed by atoms with Crippen molar-refractivity contribution in [2.75, 3.05) is 26.2 Å². The van der Waals surface area contributed by atoms with Crippen molar-refractivity contribution in [2.24, 2.45) is 0 Å². The van der Waals surface area contributed by atoms with Crippen LogP contribution in [0.2, 0.25) is 0 Å². The number of hydrogen-bond donors (Lipinski definition) is 1. The van der Waals surface area contributed by atoms with E-state index in [1.54, 1.807) is 12.1 Å². The molecule has 0 spiro atoms. The Morgan fingerprint density at radius 3 is 2.18 bits per heavy atom. The summed E-state index contributed by atoms with van der Waals surface area (Å²) >= 11 is 0. The van der Waals surface area contributed by atoms with Gasteiger partial charge < -0.3 is 14.7 Å². The molecule has 2 aromatic carbocycles. The minimum atomic E-state index is -1.84. The van der Waals surface area contributed by atoms with Gasteiger partial charge in [-0.05, 0) is 68.6 Å². The van der Waals surface area contributed by atoms with E-state index in [1.807, 2.05) is 45.0 Å². The first-order valence-electron chi connectivity index (χ1n) is 10.0. The van der Waals surface area contributed by atoms with Gasteiger partial charge in [-0.15, -0.1) is 0 Å². The standard InChI is InChI=1S/C24H33NO3/c1-7-25(8-2)14-15-28-23(26)24(27,21-12-10-9-11-13-21)22-16-17(3)18(4)19(5)20(22)6/h9-13,16,27H,7-8,14-15H2,1-6H3. The topological polar surface area (TPSA) is 49.8 Å². The number of rotatable bonds is 8. The Kier molecular flexibility index (Phi) is 7.39. The van der Waals surface area contributed by atoms with Crippen molar-refractivity contribution in [1.82, 2.24) is 4.90 Å². The smallest absolute Gasteiger partial charge is 0.347 e. The number of esters is 1. The van der Waals surface area contributed by atoms with Crippen molar-refractivity contribution < 1.29 is 14.6 Å². The zero-order valence-electron chi connectivity index (χ0n) is 18.0. The van der Waals surface area contributed by atoms with Crippen molar-refractivity contribution in [3.8, 4) is 0 Å². The van der Waals surface area contributed by atoms with E-state index in [1.165, 1.54) is 5.56 Å². The summed E-state index contributed by atoms with van der Waals surface area (Å²) < 4.78 is 5.58. The molecule has 0 saturated heterocycles. The van der Waals surface area contributed by atoms with Crippen LogP contribution >= 0.6 is 0 Å². The first-order chi connectivity index (χ1) is 13.3. The molecule has 2 aromatic rings. The van der Waals surface area contributed by atoms with Gasteiger partial charge in [-0.1, -0.05) is 50.2 Å². The molecule has 0 saturated carbocycles. The van der Waals surface area contributed by atoms with E-state index in [2.05, 4.69) is 25.7 Å². The average Bonchev–Trinajstić information content (AvgIpc) is 2.72. The Morgan fingerprint density at radius 1 is 1.00 bits per heavy atom. The normalized spacial score (nSPS) is 13.4. The number of aliphatic hydroxyl groups is 1. The molecular formula is C24H33NO3. The van der Waals surface area contributed by atoms with Crippen molar-refractivity contribution in [1.29, 1.82) is 0 Å². The van der Waals surface area contributed by atoms with Crippen LogP contribution in [0.1, 0.15) is 47.2 Å². The van der Waals surface area contributed by atoms with Gasteiger partial charge in [0.2, 0.25) is 5.60 Å². The largest absolute Gasteiger partial charge is 0.462 e. The van der Waals surface area contributed by atoms with Crippen molar-refractivity contribution >= 4 is 5.97 Å². The Bertz CT molecular complexity index is 812. The summed E-state index contributed by atoms with van der Waals surface area (Å²) in [5.41, 5.74) is 3.49. The number of hydrogen-bond acceptors (Lipinski definition) is 4. The van der Waals surface area contributed by atoms with Gasteiger partial charge in [0.15, 0.2) is 0 Å². The predicted molar refractivity (Wildman–Crippen MR) is 114 cm³/mol. The van der Waals surface area contributed by atoms with Gasteiger partial charge in [0.25, 0.3) is 0 Å². The highest BCUT2D eigenvalue weighted by Gasteiger charge is 2.43. The Labute approximate surface area is 169 Å². The number of benzene rings is 2. The first-order valence-corrected chi connectivity index (χ1v) is 10.0.